The van der Waals surface area contributed by atoms with Crippen LogP contribution >= 0.6 is 0 Å². The van der Waals surface area contributed by atoms with Gasteiger partial charge in [0.05, 0.1) is 20.8 Å². The molecule has 0 fully saturated rings. The molecule has 1 aromatic heterocycles. The molecule has 152 valence electrons. The molecule has 0 aliphatic carbocycles. The van der Waals surface area contributed by atoms with Crippen LogP contribution in [-0.2, 0) is 17.8 Å². The third kappa shape index (κ3) is 5.28. The molecule has 0 aliphatic rings. The van der Waals surface area contributed by atoms with E-state index in [2.05, 4.69) is 4.98 Å². The number of carbonyl (C=O) groups excluding carboxylic acids is 1. The van der Waals surface area contributed by atoms with Crippen molar-refractivity contribution in [3.63, 3.8) is 0 Å². The number of hydrogen-bond donors (Lipinski definition) is 0. The molecular weight excluding hydrogens is 372 g/mol. The van der Waals surface area contributed by atoms with Gasteiger partial charge in [0.1, 0.15) is 17.8 Å². The lowest BCUT2D eigenvalue weighted by Crippen LogP contribution is -2.22. The smallest absolute Gasteiger partial charge is 0.360 e. The highest BCUT2D eigenvalue weighted by molar-refractivity contribution is 5.87. The zero-order chi connectivity index (χ0) is 20.6. The van der Waals surface area contributed by atoms with E-state index in [4.69, 9.17) is 18.6 Å². The molecular formula is C22H24N2O5. The summed E-state index contributed by atoms with van der Waals surface area (Å²) in [4.78, 5) is 18.2. The molecule has 0 bridgehead atoms. The molecule has 7 nitrogen and oxygen atoms in total. The Morgan fingerprint density at radius 1 is 1.00 bits per heavy atom. The number of ether oxygens (including phenoxy) is 3. The molecule has 3 rings (SSSR count). The number of benzene rings is 2. The summed E-state index contributed by atoms with van der Waals surface area (Å²) in [6.45, 7) is 3.05. The van der Waals surface area contributed by atoms with E-state index in [-0.39, 0.29) is 12.3 Å². The van der Waals surface area contributed by atoms with Crippen LogP contribution in [0.4, 0.5) is 6.01 Å². The van der Waals surface area contributed by atoms with Crippen molar-refractivity contribution in [2.24, 2.45) is 0 Å². The van der Waals surface area contributed by atoms with Gasteiger partial charge < -0.3 is 23.5 Å². The van der Waals surface area contributed by atoms with Gasteiger partial charge >= 0.3 is 5.97 Å². The summed E-state index contributed by atoms with van der Waals surface area (Å²) < 4.78 is 21.2. The molecule has 29 heavy (non-hydrogen) atoms. The Bertz CT molecular complexity index is 904. The van der Waals surface area contributed by atoms with Gasteiger partial charge in [0.2, 0.25) is 0 Å². The topological polar surface area (TPSA) is 74.0 Å². The van der Waals surface area contributed by atoms with Crippen LogP contribution in [0.5, 0.6) is 11.5 Å². The first kappa shape index (κ1) is 20.3. The maximum atomic E-state index is 12.0. The second kappa shape index (κ2) is 9.64. The highest BCUT2D eigenvalue weighted by Crippen LogP contribution is 2.23. The summed E-state index contributed by atoms with van der Waals surface area (Å²) in [6, 6.07) is 15.9. The minimum atomic E-state index is -0.509. The summed E-state index contributed by atoms with van der Waals surface area (Å²) in [5.41, 5.74) is 2.18. The predicted molar refractivity (Wildman–Crippen MR) is 108 cm³/mol. The van der Waals surface area contributed by atoms with Crippen molar-refractivity contribution < 1.29 is 23.4 Å². The number of methoxy groups -OCH3 is 2. The molecule has 0 amide bonds. The maximum absolute atomic E-state index is 12.0. The number of aromatic nitrogens is 1. The maximum Gasteiger partial charge on any atom is 0.360 e. The summed E-state index contributed by atoms with van der Waals surface area (Å²) in [5.74, 6) is 1.03. The highest BCUT2D eigenvalue weighted by Gasteiger charge is 2.19. The normalized spacial score (nSPS) is 10.4. The van der Waals surface area contributed by atoms with E-state index in [9.17, 15) is 4.79 Å². The molecule has 2 aromatic carbocycles. The second-order valence-electron chi connectivity index (χ2n) is 6.29. The Balaban J connectivity index is 1.89. The first-order valence-corrected chi connectivity index (χ1v) is 9.26. The first-order valence-electron chi connectivity index (χ1n) is 9.26. The van der Waals surface area contributed by atoms with Gasteiger partial charge in [0.15, 0.2) is 5.69 Å². The van der Waals surface area contributed by atoms with Crippen LogP contribution in [0, 0.1) is 0 Å². The lowest BCUT2D eigenvalue weighted by molar-refractivity contribution is 0.0519. The minimum absolute atomic E-state index is 0.142. The lowest BCUT2D eigenvalue weighted by atomic mass is 10.1. The van der Waals surface area contributed by atoms with E-state index in [1.807, 2.05) is 53.4 Å². The number of esters is 1. The number of oxazole rings is 1. The largest absolute Gasteiger partial charge is 0.497 e. The van der Waals surface area contributed by atoms with Gasteiger partial charge in [-0.2, -0.15) is 4.98 Å². The van der Waals surface area contributed by atoms with Crippen molar-refractivity contribution in [2.45, 2.75) is 20.0 Å². The highest BCUT2D eigenvalue weighted by atomic mass is 16.5. The van der Waals surface area contributed by atoms with Crippen LogP contribution in [-0.4, -0.2) is 31.8 Å². The number of nitrogens with zero attached hydrogens (tertiary/aromatic N) is 2. The van der Waals surface area contributed by atoms with Crippen molar-refractivity contribution in [3.8, 4) is 11.5 Å². The van der Waals surface area contributed by atoms with E-state index in [0.29, 0.717) is 19.1 Å². The molecule has 0 aliphatic heterocycles. The van der Waals surface area contributed by atoms with Crippen LogP contribution in [0.15, 0.2) is 59.2 Å². The summed E-state index contributed by atoms with van der Waals surface area (Å²) in [7, 11) is 3.26. The SMILES string of the molecule is CCOC(=O)c1coc(N(Cc2cccc(OC)c2)Cc2cccc(OC)c2)n1. The first-order chi connectivity index (χ1) is 14.1. The van der Waals surface area contributed by atoms with E-state index in [1.165, 1.54) is 6.26 Å². The van der Waals surface area contributed by atoms with E-state index < -0.39 is 5.97 Å². The van der Waals surface area contributed by atoms with Gasteiger partial charge in [-0.1, -0.05) is 24.3 Å². The Kier molecular flexibility index (Phi) is 6.73. The molecule has 1 heterocycles. The standard InChI is InChI=1S/C22H24N2O5/c1-4-28-21(25)20-15-29-22(23-20)24(13-16-7-5-9-18(11-16)26-2)14-17-8-6-10-19(12-17)27-3/h5-12,15H,4,13-14H2,1-3H3. The average Bonchev–Trinajstić information content (AvgIpc) is 3.24. The molecule has 0 saturated carbocycles. The van der Waals surface area contributed by atoms with Crippen LogP contribution in [0.25, 0.3) is 0 Å². The van der Waals surface area contributed by atoms with Crippen LogP contribution < -0.4 is 14.4 Å². The number of hydrogen-bond acceptors (Lipinski definition) is 7. The molecule has 0 spiro atoms. The molecule has 3 aromatic rings. The zero-order valence-electron chi connectivity index (χ0n) is 16.8. The fourth-order valence-corrected chi connectivity index (χ4v) is 2.88. The van der Waals surface area contributed by atoms with Gasteiger partial charge in [0, 0.05) is 13.1 Å². The summed E-state index contributed by atoms with van der Waals surface area (Å²) >= 11 is 0. The molecule has 0 saturated heterocycles. The van der Waals surface area contributed by atoms with Crippen molar-refractivity contribution in [3.05, 3.63) is 71.6 Å². The van der Waals surface area contributed by atoms with Gasteiger partial charge in [-0.05, 0) is 42.3 Å². The van der Waals surface area contributed by atoms with E-state index >= 15 is 0 Å². The van der Waals surface area contributed by atoms with Gasteiger partial charge in [-0.15, -0.1) is 0 Å². The van der Waals surface area contributed by atoms with Gasteiger partial charge in [-0.25, -0.2) is 4.79 Å². The number of rotatable bonds is 9. The van der Waals surface area contributed by atoms with Crippen LogP contribution in [0.1, 0.15) is 28.5 Å². The number of anilines is 1. The Hall–Kier alpha value is -3.48. The molecule has 0 N–H and O–H groups in total. The van der Waals surface area contributed by atoms with Crippen LogP contribution in [0.3, 0.4) is 0 Å². The fraction of sp³-hybridized carbons (Fsp3) is 0.273. The van der Waals surface area contributed by atoms with Crippen molar-refractivity contribution in [2.75, 3.05) is 25.7 Å². The van der Waals surface area contributed by atoms with Crippen molar-refractivity contribution in [1.82, 2.24) is 4.98 Å². The predicted octanol–water partition coefficient (Wildman–Crippen LogP) is 4.08. The third-order valence-electron chi connectivity index (χ3n) is 4.26. The third-order valence-corrected chi connectivity index (χ3v) is 4.26. The van der Waals surface area contributed by atoms with E-state index in [0.717, 1.165) is 22.6 Å². The quantitative estimate of drug-likeness (QED) is 0.505. The monoisotopic (exact) mass is 396 g/mol. The van der Waals surface area contributed by atoms with Crippen LogP contribution in [0.2, 0.25) is 0 Å². The van der Waals surface area contributed by atoms with E-state index in [1.54, 1.807) is 21.1 Å². The average molecular weight is 396 g/mol. The Morgan fingerprint density at radius 3 is 2.10 bits per heavy atom. The summed E-state index contributed by atoms with van der Waals surface area (Å²) in [5, 5.41) is 0. The van der Waals surface area contributed by atoms with Gasteiger partial charge in [-0.3, -0.25) is 0 Å². The second-order valence-corrected chi connectivity index (χ2v) is 6.29. The van der Waals surface area contributed by atoms with Gasteiger partial charge in [0.25, 0.3) is 6.01 Å². The lowest BCUT2D eigenvalue weighted by Gasteiger charge is -2.21. The zero-order valence-corrected chi connectivity index (χ0v) is 16.8. The Morgan fingerprint density at radius 2 is 1.59 bits per heavy atom. The molecule has 0 unspecified atom stereocenters. The fourth-order valence-electron chi connectivity index (χ4n) is 2.88. The molecule has 0 radical (unpaired) electrons. The number of carbonyl (C=O) groups is 1. The minimum Gasteiger partial charge on any atom is -0.497 e. The van der Waals surface area contributed by atoms with Crippen molar-refractivity contribution in [1.29, 1.82) is 0 Å². The Labute approximate surface area is 169 Å². The van der Waals surface area contributed by atoms with Crippen molar-refractivity contribution >= 4 is 12.0 Å². The molecule has 0 atom stereocenters. The molecule has 7 heteroatoms. The summed E-state index contributed by atoms with van der Waals surface area (Å²) in [6.07, 6.45) is 1.32.